The fourth-order valence-corrected chi connectivity index (χ4v) is 2.00. The van der Waals surface area contributed by atoms with Crippen molar-refractivity contribution in [2.45, 2.75) is 38.7 Å². The first kappa shape index (κ1) is 10.5. The SMILES string of the molecule is CC(C)(C)c1cccc2c1OCC[C@H]2O. The van der Waals surface area contributed by atoms with Crippen LogP contribution in [-0.4, -0.2) is 11.7 Å². The second kappa shape index (κ2) is 3.53. The predicted molar refractivity (Wildman–Crippen MR) is 60.2 cm³/mol. The molecule has 2 rings (SSSR count). The molecule has 0 radical (unpaired) electrons. The molecule has 2 heteroatoms. The fourth-order valence-electron chi connectivity index (χ4n) is 2.00. The van der Waals surface area contributed by atoms with Crippen LogP contribution in [0.2, 0.25) is 0 Å². The third-order valence-electron chi connectivity index (χ3n) is 2.85. The molecule has 1 N–H and O–H groups in total. The zero-order valence-corrected chi connectivity index (χ0v) is 9.58. The zero-order valence-electron chi connectivity index (χ0n) is 9.58. The number of aliphatic hydroxyl groups excluding tert-OH is 1. The van der Waals surface area contributed by atoms with Crippen molar-refractivity contribution in [3.8, 4) is 5.75 Å². The first-order valence-electron chi connectivity index (χ1n) is 5.44. The van der Waals surface area contributed by atoms with Crippen LogP contribution >= 0.6 is 0 Å². The summed E-state index contributed by atoms with van der Waals surface area (Å²) in [6.07, 6.45) is 0.330. The highest BCUT2D eigenvalue weighted by Gasteiger charge is 2.26. The average molecular weight is 206 g/mol. The monoisotopic (exact) mass is 206 g/mol. The largest absolute Gasteiger partial charge is 0.493 e. The van der Waals surface area contributed by atoms with Crippen molar-refractivity contribution >= 4 is 0 Å². The van der Waals surface area contributed by atoms with Crippen molar-refractivity contribution in [2.24, 2.45) is 0 Å². The quantitative estimate of drug-likeness (QED) is 0.707. The van der Waals surface area contributed by atoms with Crippen LogP contribution < -0.4 is 4.74 Å². The van der Waals surface area contributed by atoms with Crippen LogP contribution in [0, 0.1) is 0 Å². The Balaban J connectivity index is 2.54. The Morgan fingerprint density at radius 1 is 1.33 bits per heavy atom. The molecule has 1 aromatic rings. The van der Waals surface area contributed by atoms with Gasteiger partial charge in [0.15, 0.2) is 0 Å². The van der Waals surface area contributed by atoms with Crippen LogP contribution in [0.1, 0.15) is 44.4 Å². The Labute approximate surface area is 90.9 Å². The standard InChI is InChI=1S/C13H18O2/c1-13(2,3)10-6-4-5-9-11(14)7-8-15-12(9)10/h4-6,11,14H,7-8H2,1-3H3/t11-/m1/s1. The summed E-state index contributed by atoms with van der Waals surface area (Å²) in [5, 5.41) is 9.87. The van der Waals surface area contributed by atoms with Gasteiger partial charge in [-0.25, -0.2) is 0 Å². The number of hydrogen-bond donors (Lipinski definition) is 1. The number of para-hydroxylation sites is 1. The molecule has 0 saturated carbocycles. The van der Waals surface area contributed by atoms with E-state index in [1.807, 2.05) is 12.1 Å². The number of benzene rings is 1. The van der Waals surface area contributed by atoms with Crippen molar-refractivity contribution in [3.05, 3.63) is 29.3 Å². The highest BCUT2D eigenvalue weighted by molar-refractivity contribution is 5.47. The van der Waals surface area contributed by atoms with Gasteiger partial charge in [-0.15, -0.1) is 0 Å². The smallest absolute Gasteiger partial charge is 0.128 e. The Hall–Kier alpha value is -1.02. The molecule has 0 aliphatic carbocycles. The van der Waals surface area contributed by atoms with Crippen LogP contribution in [0.5, 0.6) is 5.75 Å². The topological polar surface area (TPSA) is 29.5 Å². The summed E-state index contributed by atoms with van der Waals surface area (Å²) in [7, 11) is 0. The van der Waals surface area contributed by atoms with Gasteiger partial charge < -0.3 is 9.84 Å². The molecule has 1 aromatic carbocycles. The van der Waals surface area contributed by atoms with Gasteiger partial charge in [0.2, 0.25) is 0 Å². The Bertz CT molecular complexity index is 363. The summed E-state index contributed by atoms with van der Waals surface area (Å²) >= 11 is 0. The molecule has 82 valence electrons. The second-order valence-electron chi connectivity index (χ2n) is 5.13. The lowest BCUT2D eigenvalue weighted by atomic mass is 9.84. The van der Waals surface area contributed by atoms with Crippen LogP contribution in [0.25, 0.3) is 0 Å². The Kier molecular flexibility index (Phi) is 2.47. The molecule has 0 unspecified atom stereocenters. The van der Waals surface area contributed by atoms with E-state index in [0.29, 0.717) is 13.0 Å². The third kappa shape index (κ3) is 1.86. The molecule has 1 atom stereocenters. The summed E-state index contributed by atoms with van der Waals surface area (Å²) in [5.74, 6) is 0.892. The molecule has 1 aliphatic rings. The molecule has 0 saturated heterocycles. The van der Waals surface area contributed by atoms with Crippen molar-refractivity contribution in [3.63, 3.8) is 0 Å². The van der Waals surface area contributed by atoms with Crippen LogP contribution in [-0.2, 0) is 5.41 Å². The van der Waals surface area contributed by atoms with Gasteiger partial charge in [0.25, 0.3) is 0 Å². The summed E-state index contributed by atoms with van der Waals surface area (Å²) in [6, 6.07) is 6.03. The van der Waals surface area contributed by atoms with E-state index in [1.54, 1.807) is 0 Å². The normalized spacial score (nSPS) is 20.7. The minimum atomic E-state index is -0.365. The Morgan fingerprint density at radius 3 is 2.73 bits per heavy atom. The average Bonchev–Trinajstić information content (AvgIpc) is 2.16. The van der Waals surface area contributed by atoms with E-state index in [-0.39, 0.29) is 11.5 Å². The van der Waals surface area contributed by atoms with Gasteiger partial charge in [0.1, 0.15) is 5.75 Å². The first-order chi connectivity index (χ1) is 7.00. The van der Waals surface area contributed by atoms with Crippen LogP contribution in [0.4, 0.5) is 0 Å². The highest BCUT2D eigenvalue weighted by Crippen LogP contribution is 2.39. The van der Waals surface area contributed by atoms with Crippen molar-refractivity contribution < 1.29 is 9.84 Å². The molecule has 1 aliphatic heterocycles. The molecule has 2 nitrogen and oxygen atoms in total. The molecule has 1 heterocycles. The lowest BCUT2D eigenvalue weighted by Gasteiger charge is -2.29. The molecule has 0 spiro atoms. The molecule has 0 bridgehead atoms. The molecule has 0 fully saturated rings. The van der Waals surface area contributed by atoms with Gasteiger partial charge in [-0.2, -0.15) is 0 Å². The van der Waals surface area contributed by atoms with Crippen LogP contribution in [0.3, 0.4) is 0 Å². The van der Waals surface area contributed by atoms with Gasteiger partial charge in [0.05, 0.1) is 12.7 Å². The number of aliphatic hydroxyl groups is 1. The van der Waals surface area contributed by atoms with E-state index in [4.69, 9.17) is 4.74 Å². The maximum atomic E-state index is 9.87. The molecular weight excluding hydrogens is 188 g/mol. The highest BCUT2D eigenvalue weighted by atomic mass is 16.5. The zero-order chi connectivity index (χ0) is 11.1. The van der Waals surface area contributed by atoms with Gasteiger partial charge in [-0.1, -0.05) is 39.0 Å². The number of fused-ring (bicyclic) bond motifs is 1. The van der Waals surface area contributed by atoms with Gasteiger partial charge in [-0.3, -0.25) is 0 Å². The van der Waals surface area contributed by atoms with E-state index in [1.165, 1.54) is 5.56 Å². The van der Waals surface area contributed by atoms with Crippen molar-refractivity contribution in [2.75, 3.05) is 6.61 Å². The number of hydrogen-bond acceptors (Lipinski definition) is 2. The first-order valence-corrected chi connectivity index (χ1v) is 5.44. The molecular formula is C13H18O2. The summed E-state index contributed by atoms with van der Waals surface area (Å²) in [4.78, 5) is 0. The summed E-state index contributed by atoms with van der Waals surface area (Å²) in [5.41, 5.74) is 2.18. The second-order valence-corrected chi connectivity index (χ2v) is 5.13. The minimum Gasteiger partial charge on any atom is -0.493 e. The van der Waals surface area contributed by atoms with Gasteiger partial charge in [0, 0.05) is 12.0 Å². The molecule has 0 amide bonds. The summed E-state index contributed by atoms with van der Waals surface area (Å²) < 4.78 is 5.69. The van der Waals surface area contributed by atoms with E-state index in [9.17, 15) is 5.11 Å². The van der Waals surface area contributed by atoms with E-state index < -0.39 is 0 Å². The minimum absolute atomic E-state index is 0.0579. The van der Waals surface area contributed by atoms with E-state index in [2.05, 4.69) is 26.8 Å². The maximum absolute atomic E-state index is 9.87. The molecule has 0 aromatic heterocycles. The Morgan fingerprint density at radius 2 is 2.07 bits per heavy atom. The van der Waals surface area contributed by atoms with Crippen molar-refractivity contribution in [1.82, 2.24) is 0 Å². The fraction of sp³-hybridized carbons (Fsp3) is 0.538. The third-order valence-corrected chi connectivity index (χ3v) is 2.85. The summed E-state index contributed by atoms with van der Waals surface area (Å²) in [6.45, 7) is 7.09. The van der Waals surface area contributed by atoms with Crippen molar-refractivity contribution in [1.29, 1.82) is 0 Å². The van der Waals surface area contributed by atoms with E-state index >= 15 is 0 Å². The number of ether oxygens (including phenoxy) is 1. The van der Waals surface area contributed by atoms with Crippen LogP contribution in [0.15, 0.2) is 18.2 Å². The molecule has 15 heavy (non-hydrogen) atoms. The number of rotatable bonds is 0. The maximum Gasteiger partial charge on any atom is 0.128 e. The lowest BCUT2D eigenvalue weighted by molar-refractivity contribution is 0.114. The lowest BCUT2D eigenvalue weighted by Crippen LogP contribution is -2.20. The van der Waals surface area contributed by atoms with Gasteiger partial charge in [-0.05, 0) is 11.0 Å². The van der Waals surface area contributed by atoms with E-state index in [0.717, 1.165) is 11.3 Å². The predicted octanol–water partition coefficient (Wildman–Crippen LogP) is 2.80. The van der Waals surface area contributed by atoms with Gasteiger partial charge >= 0.3 is 0 Å².